The van der Waals surface area contributed by atoms with Crippen LogP contribution in [0, 0.1) is 5.82 Å². The Hall–Kier alpha value is -4.30. The third kappa shape index (κ3) is 6.07. The van der Waals surface area contributed by atoms with Crippen LogP contribution in [0.4, 0.5) is 10.2 Å². The van der Waals surface area contributed by atoms with Crippen LogP contribution in [0.5, 0.6) is 5.75 Å². The van der Waals surface area contributed by atoms with Crippen molar-refractivity contribution < 1.29 is 18.7 Å². The molecule has 0 aliphatic carbocycles. The summed E-state index contributed by atoms with van der Waals surface area (Å²) in [6.07, 6.45) is 0.606. The van der Waals surface area contributed by atoms with E-state index in [1.807, 2.05) is 48.5 Å². The van der Waals surface area contributed by atoms with Crippen molar-refractivity contribution in [3.63, 3.8) is 0 Å². The first-order chi connectivity index (χ1) is 19.1. The molecule has 0 atom stereocenters. The van der Waals surface area contributed by atoms with Gasteiger partial charge in [-0.05, 0) is 42.0 Å². The Bertz CT molecular complexity index is 1420. The molecule has 1 amide bonds. The maximum Gasteiger partial charge on any atom is 0.253 e. The lowest BCUT2D eigenvalue weighted by molar-refractivity contribution is 0.0746. The van der Waals surface area contributed by atoms with Gasteiger partial charge in [0.05, 0.1) is 19.4 Å². The molecule has 0 saturated carbocycles. The Kier molecular flexibility index (Phi) is 8.13. The van der Waals surface area contributed by atoms with Gasteiger partial charge in [-0.2, -0.15) is 0 Å². The van der Waals surface area contributed by atoms with Crippen LogP contribution in [0.25, 0.3) is 11.4 Å². The zero-order valence-corrected chi connectivity index (χ0v) is 22.1. The van der Waals surface area contributed by atoms with Gasteiger partial charge in [0.2, 0.25) is 0 Å². The summed E-state index contributed by atoms with van der Waals surface area (Å²) >= 11 is 0. The van der Waals surface area contributed by atoms with Crippen molar-refractivity contribution in [1.82, 2.24) is 14.9 Å². The smallest absolute Gasteiger partial charge is 0.253 e. The summed E-state index contributed by atoms with van der Waals surface area (Å²) in [7, 11) is 3.32. The molecule has 4 aromatic rings. The standard InChI is InChI=1S/C31H31FN4O3/c1-38-21-28-27(20-22-7-6-10-26(19-22)39-2)30(34-29(33-28)23-8-4-3-5-9-23)35-15-17-36(18-16-35)31(37)24-11-13-25(32)14-12-24/h3-14,19H,15-18,20-21H2,1-2H3. The van der Waals surface area contributed by atoms with Gasteiger partial charge >= 0.3 is 0 Å². The highest BCUT2D eigenvalue weighted by Crippen LogP contribution is 2.30. The summed E-state index contributed by atoms with van der Waals surface area (Å²) < 4.78 is 24.4. The van der Waals surface area contributed by atoms with Crippen LogP contribution in [0.15, 0.2) is 78.9 Å². The molecule has 1 aliphatic heterocycles. The second-order valence-corrected chi connectivity index (χ2v) is 9.41. The van der Waals surface area contributed by atoms with Crippen LogP contribution >= 0.6 is 0 Å². The summed E-state index contributed by atoms with van der Waals surface area (Å²) in [4.78, 5) is 27.1. The first-order valence-electron chi connectivity index (χ1n) is 12.9. The van der Waals surface area contributed by atoms with Crippen molar-refractivity contribution in [2.45, 2.75) is 13.0 Å². The highest BCUT2D eigenvalue weighted by Gasteiger charge is 2.27. The number of rotatable bonds is 8. The second kappa shape index (κ2) is 12.0. The monoisotopic (exact) mass is 526 g/mol. The first kappa shape index (κ1) is 26.3. The van der Waals surface area contributed by atoms with Crippen molar-refractivity contribution in [2.75, 3.05) is 45.3 Å². The van der Waals surface area contributed by atoms with Crippen molar-refractivity contribution in [1.29, 1.82) is 0 Å². The number of ether oxygens (including phenoxy) is 2. The topological polar surface area (TPSA) is 67.8 Å². The molecule has 2 heterocycles. The fourth-order valence-corrected chi connectivity index (χ4v) is 4.82. The molecule has 0 radical (unpaired) electrons. The van der Waals surface area contributed by atoms with E-state index in [2.05, 4.69) is 11.0 Å². The van der Waals surface area contributed by atoms with Crippen LogP contribution in [0.2, 0.25) is 0 Å². The van der Waals surface area contributed by atoms with E-state index in [0.717, 1.165) is 34.0 Å². The predicted molar refractivity (Wildman–Crippen MR) is 148 cm³/mol. The Balaban J connectivity index is 1.48. The van der Waals surface area contributed by atoms with E-state index < -0.39 is 0 Å². The van der Waals surface area contributed by atoms with Crippen molar-refractivity contribution in [2.24, 2.45) is 0 Å². The summed E-state index contributed by atoms with van der Waals surface area (Å²) in [5.41, 5.74) is 4.31. The van der Waals surface area contributed by atoms with Gasteiger partial charge < -0.3 is 19.3 Å². The Morgan fingerprint density at radius 2 is 1.64 bits per heavy atom. The molecular weight excluding hydrogens is 495 g/mol. The summed E-state index contributed by atoms with van der Waals surface area (Å²) in [6, 6.07) is 23.6. The number of carbonyl (C=O) groups is 1. The van der Waals surface area contributed by atoms with Crippen LogP contribution in [-0.2, 0) is 17.8 Å². The zero-order valence-electron chi connectivity index (χ0n) is 22.1. The van der Waals surface area contributed by atoms with E-state index >= 15 is 0 Å². The molecule has 1 aromatic heterocycles. The van der Waals surface area contributed by atoms with Gasteiger partial charge in [0.15, 0.2) is 5.82 Å². The lowest BCUT2D eigenvalue weighted by atomic mass is 10.0. The van der Waals surface area contributed by atoms with Gasteiger partial charge in [-0.3, -0.25) is 4.79 Å². The van der Waals surface area contributed by atoms with E-state index in [0.29, 0.717) is 50.6 Å². The fraction of sp³-hybridized carbons (Fsp3) is 0.258. The number of hydrogen-bond acceptors (Lipinski definition) is 6. The summed E-state index contributed by atoms with van der Waals surface area (Å²) in [5, 5.41) is 0. The van der Waals surface area contributed by atoms with Crippen LogP contribution in [0.3, 0.4) is 0 Å². The molecule has 1 fully saturated rings. The number of methoxy groups -OCH3 is 2. The largest absolute Gasteiger partial charge is 0.497 e. The number of aromatic nitrogens is 2. The van der Waals surface area contributed by atoms with E-state index in [1.165, 1.54) is 24.3 Å². The van der Waals surface area contributed by atoms with Gasteiger partial charge in [0, 0.05) is 56.4 Å². The molecule has 0 spiro atoms. The number of nitrogens with zero attached hydrogens (tertiary/aromatic N) is 4. The van der Waals surface area contributed by atoms with Crippen LogP contribution in [0.1, 0.15) is 27.2 Å². The number of amides is 1. The molecule has 200 valence electrons. The first-order valence-corrected chi connectivity index (χ1v) is 12.9. The van der Waals surface area contributed by atoms with Gasteiger partial charge in [0.1, 0.15) is 17.4 Å². The zero-order chi connectivity index (χ0) is 27.2. The molecule has 7 nitrogen and oxygen atoms in total. The van der Waals surface area contributed by atoms with E-state index in [-0.39, 0.29) is 11.7 Å². The maximum atomic E-state index is 13.4. The summed E-state index contributed by atoms with van der Waals surface area (Å²) in [6.45, 7) is 2.61. The van der Waals surface area contributed by atoms with Gasteiger partial charge in [-0.1, -0.05) is 42.5 Å². The third-order valence-corrected chi connectivity index (χ3v) is 6.86. The predicted octanol–water partition coefficient (Wildman–Crippen LogP) is 4.99. The SMILES string of the molecule is COCc1nc(-c2ccccc2)nc(N2CCN(C(=O)c3ccc(F)cc3)CC2)c1Cc1cccc(OC)c1. The molecule has 3 aromatic carbocycles. The average Bonchev–Trinajstić information content (AvgIpc) is 2.99. The molecule has 0 unspecified atom stereocenters. The minimum atomic E-state index is -0.357. The van der Waals surface area contributed by atoms with E-state index in [4.69, 9.17) is 19.4 Å². The number of halogens is 1. The number of anilines is 1. The molecule has 5 rings (SSSR count). The number of hydrogen-bond donors (Lipinski definition) is 0. The Morgan fingerprint density at radius 3 is 2.33 bits per heavy atom. The highest BCUT2D eigenvalue weighted by atomic mass is 19.1. The lowest BCUT2D eigenvalue weighted by Gasteiger charge is -2.36. The van der Waals surface area contributed by atoms with Gasteiger partial charge in [-0.15, -0.1) is 0 Å². The maximum absolute atomic E-state index is 13.4. The number of piperazine rings is 1. The lowest BCUT2D eigenvalue weighted by Crippen LogP contribution is -2.49. The van der Waals surface area contributed by atoms with Crippen molar-refractivity contribution in [3.8, 4) is 17.1 Å². The van der Waals surface area contributed by atoms with Crippen LogP contribution in [-0.4, -0.2) is 61.2 Å². The van der Waals surface area contributed by atoms with E-state index in [9.17, 15) is 9.18 Å². The molecule has 0 N–H and O–H groups in total. The second-order valence-electron chi connectivity index (χ2n) is 9.41. The highest BCUT2D eigenvalue weighted by molar-refractivity contribution is 5.94. The summed E-state index contributed by atoms with van der Waals surface area (Å²) in [5.74, 6) is 1.81. The number of benzene rings is 3. The third-order valence-electron chi connectivity index (χ3n) is 6.86. The number of carbonyl (C=O) groups excluding carboxylic acids is 1. The fourth-order valence-electron chi connectivity index (χ4n) is 4.82. The molecule has 1 saturated heterocycles. The minimum Gasteiger partial charge on any atom is -0.497 e. The Morgan fingerprint density at radius 1 is 0.897 bits per heavy atom. The van der Waals surface area contributed by atoms with Crippen LogP contribution < -0.4 is 9.64 Å². The minimum absolute atomic E-state index is 0.0982. The van der Waals surface area contributed by atoms with E-state index in [1.54, 1.807) is 19.1 Å². The average molecular weight is 527 g/mol. The molecule has 1 aliphatic rings. The molecule has 0 bridgehead atoms. The Labute approximate surface area is 227 Å². The quantitative estimate of drug-likeness (QED) is 0.322. The van der Waals surface area contributed by atoms with Gasteiger partial charge in [0.25, 0.3) is 5.91 Å². The molecular formula is C31H31FN4O3. The van der Waals surface area contributed by atoms with Crippen molar-refractivity contribution >= 4 is 11.7 Å². The van der Waals surface area contributed by atoms with Crippen molar-refractivity contribution in [3.05, 3.63) is 107 Å². The normalized spacial score (nSPS) is 13.4. The molecule has 8 heteroatoms. The molecule has 39 heavy (non-hydrogen) atoms. The van der Waals surface area contributed by atoms with Gasteiger partial charge in [-0.25, -0.2) is 14.4 Å².